The molecule has 8 heteroatoms. The second-order valence-corrected chi connectivity index (χ2v) is 11.2. The van der Waals surface area contributed by atoms with Gasteiger partial charge in [0.05, 0.1) is 16.4 Å². The van der Waals surface area contributed by atoms with Gasteiger partial charge in [0.15, 0.2) is 5.17 Å². The number of nitrogens with zero attached hydrogens (tertiary/aromatic N) is 3. The molecule has 1 saturated heterocycles. The van der Waals surface area contributed by atoms with Crippen LogP contribution in [0.1, 0.15) is 37.7 Å². The van der Waals surface area contributed by atoms with Crippen molar-refractivity contribution in [3.8, 4) is 0 Å². The Morgan fingerprint density at radius 2 is 1.81 bits per heavy atom. The van der Waals surface area contributed by atoms with Crippen LogP contribution in [0.3, 0.4) is 0 Å². The molecule has 1 saturated carbocycles. The van der Waals surface area contributed by atoms with E-state index in [1.165, 1.54) is 18.2 Å². The molecule has 0 atom stereocenters. The number of aliphatic imine (C=N–C) groups is 1. The number of anilines is 1. The summed E-state index contributed by atoms with van der Waals surface area (Å²) in [5.74, 6) is 0.0483. The number of benzene rings is 2. The van der Waals surface area contributed by atoms with Crippen molar-refractivity contribution in [2.24, 2.45) is 4.99 Å². The molecule has 2 aromatic carbocycles. The van der Waals surface area contributed by atoms with Gasteiger partial charge in [0.1, 0.15) is 4.91 Å². The van der Waals surface area contributed by atoms with Crippen LogP contribution in [0.15, 0.2) is 56.2 Å². The lowest BCUT2D eigenvalue weighted by Crippen LogP contribution is -2.40. The van der Waals surface area contributed by atoms with Crippen molar-refractivity contribution in [3.63, 3.8) is 0 Å². The zero-order valence-corrected chi connectivity index (χ0v) is 21.0. The van der Waals surface area contributed by atoms with E-state index in [-0.39, 0.29) is 11.9 Å². The van der Waals surface area contributed by atoms with Crippen molar-refractivity contribution >= 4 is 69.2 Å². The lowest BCUT2D eigenvalue weighted by molar-refractivity contribution is -0.124. The standard InChI is InChI=1S/C24H23Cl2N3OS2/c1-14-8-10-16(13-18(14)26)27-24-29(17-6-4-3-5-7-17)22(30)21(32-24)23-28(2)19-12-15(25)9-11-20(19)31-23/h8-13,17H,3-7H2,1-2H3. The Hall–Kier alpha value is -1.60. The third-order valence-corrected chi connectivity index (χ3v) is 9.17. The maximum Gasteiger partial charge on any atom is 0.269 e. The van der Waals surface area contributed by atoms with Crippen LogP contribution >= 0.6 is 46.7 Å². The molecule has 2 aromatic rings. The van der Waals surface area contributed by atoms with Gasteiger partial charge in [0.25, 0.3) is 5.91 Å². The highest BCUT2D eigenvalue weighted by atomic mass is 35.5. The van der Waals surface area contributed by atoms with Gasteiger partial charge in [-0.2, -0.15) is 0 Å². The second kappa shape index (κ2) is 8.98. The maximum absolute atomic E-state index is 13.8. The molecule has 1 amide bonds. The summed E-state index contributed by atoms with van der Waals surface area (Å²) < 4.78 is 0. The minimum atomic E-state index is 0.0483. The van der Waals surface area contributed by atoms with Crippen LogP contribution < -0.4 is 4.90 Å². The van der Waals surface area contributed by atoms with E-state index in [4.69, 9.17) is 28.2 Å². The molecular weight excluding hydrogens is 481 g/mol. The molecule has 0 N–H and O–H groups in total. The molecule has 0 spiro atoms. The predicted octanol–water partition coefficient (Wildman–Crippen LogP) is 7.61. The quantitative estimate of drug-likeness (QED) is 0.395. The zero-order chi connectivity index (χ0) is 22.4. The minimum Gasteiger partial charge on any atom is -0.337 e. The number of carbonyl (C=O) groups is 1. The van der Waals surface area contributed by atoms with Crippen LogP contribution in [0, 0.1) is 6.92 Å². The summed E-state index contributed by atoms with van der Waals surface area (Å²) in [4.78, 5) is 24.5. The lowest BCUT2D eigenvalue weighted by atomic mass is 9.94. The molecule has 2 aliphatic heterocycles. The Balaban J connectivity index is 1.56. The van der Waals surface area contributed by atoms with Gasteiger partial charge in [-0.3, -0.25) is 9.69 Å². The number of hydrogen-bond donors (Lipinski definition) is 0. The summed E-state index contributed by atoms with van der Waals surface area (Å²) in [5.41, 5.74) is 2.81. The first-order valence-electron chi connectivity index (χ1n) is 10.7. The molecule has 3 aliphatic rings. The Kier molecular flexibility index (Phi) is 6.23. The summed E-state index contributed by atoms with van der Waals surface area (Å²) in [6, 6.07) is 11.8. The summed E-state index contributed by atoms with van der Waals surface area (Å²) in [5, 5.41) is 3.05. The van der Waals surface area contributed by atoms with E-state index in [1.807, 2.05) is 55.3 Å². The van der Waals surface area contributed by atoms with Gasteiger partial charge in [0.2, 0.25) is 0 Å². The highest BCUT2D eigenvalue weighted by Crippen LogP contribution is 2.51. The fourth-order valence-electron chi connectivity index (χ4n) is 4.33. The fraction of sp³-hybridized carbons (Fsp3) is 0.333. The Morgan fingerprint density at radius 3 is 2.56 bits per heavy atom. The molecule has 32 heavy (non-hydrogen) atoms. The predicted molar refractivity (Wildman–Crippen MR) is 137 cm³/mol. The van der Waals surface area contributed by atoms with Crippen molar-refractivity contribution in [1.29, 1.82) is 0 Å². The van der Waals surface area contributed by atoms with Crippen molar-refractivity contribution in [1.82, 2.24) is 4.90 Å². The summed E-state index contributed by atoms with van der Waals surface area (Å²) in [7, 11) is 1.99. The molecule has 4 nitrogen and oxygen atoms in total. The monoisotopic (exact) mass is 503 g/mol. The van der Waals surface area contributed by atoms with Gasteiger partial charge >= 0.3 is 0 Å². The third kappa shape index (κ3) is 4.07. The number of aryl methyl sites for hydroxylation is 1. The highest BCUT2D eigenvalue weighted by Gasteiger charge is 2.42. The largest absolute Gasteiger partial charge is 0.337 e. The number of carbonyl (C=O) groups excluding carboxylic acids is 1. The number of amidine groups is 1. The molecule has 2 fully saturated rings. The van der Waals surface area contributed by atoms with E-state index >= 15 is 0 Å². The van der Waals surface area contributed by atoms with Crippen molar-refractivity contribution < 1.29 is 4.79 Å². The first-order chi connectivity index (χ1) is 15.4. The van der Waals surface area contributed by atoms with E-state index in [0.717, 1.165) is 62.6 Å². The number of halogens is 2. The third-order valence-electron chi connectivity index (χ3n) is 6.12. The van der Waals surface area contributed by atoms with Gasteiger partial charge in [-0.1, -0.05) is 60.3 Å². The molecule has 2 heterocycles. The first kappa shape index (κ1) is 22.2. The van der Waals surface area contributed by atoms with Crippen molar-refractivity contribution in [2.75, 3.05) is 11.9 Å². The number of thioether (sulfide) groups is 2. The van der Waals surface area contributed by atoms with Crippen molar-refractivity contribution in [3.05, 3.63) is 61.9 Å². The van der Waals surface area contributed by atoms with E-state index in [9.17, 15) is 4.79 Å². The summed E-state index contributed by atoms with van der Waals surface area (Å²) in [6.45, 7) is 1.97. The number of hydrogen-bond acceptors (Lipinski definition) is 5. The molecular formula is C24H23Cl2N3OS2. The molecule has 0 bridgehead atoms. The van der Waals surface area contributed by atoms with Gasteiger partial charge in [-0.15, -0.1) is 0 Å². The van der Waals surface area contributed by atoms with E-state index in [2.05, 4.69) is 4.90 Å². The smallest absolute Gasteiger partial charge is 0.269 e. The molecule has 5 rings (SSSR count). The number of rotatable bonds is 2. The summed E-state index contributed by atoms with van der Waals surface area (Å²) >= 11 is 15.7. The molecule has 0 unspecified atom stereocenters. The van der Waals surface area contributed by atoms with Crippen LogP contribution in [0.2, 0.25) is 10.0 Å². The Labute approximate surface area is 207 Å². The lowest BCUT2D eigenvalue weighted by Gasteiger charge is -2.30. The number of amides is 1. The normalized spacial score (nSPS) is 22.9. The van der Waals surface area contributed by atoms with Crippen LogP contribution in [0.5, 0.6) is 0 Å². The molecule has 0 aromatic heterocycles. The number of fused-ring (bicyclic) bond motifs is 1. The van der Waals surface area contributed by atoms with E-state index < -0.39 is 0 Å². The Morgan fingerprint density at radius 1 is 1.03 bits per heavy atom. The van der Waals surface area contributed by atoms with Gasteiger partial charge < -0.3 is 4.90 Å². The average Bonchev–Trinajstić information content (AvgIpc) is 3.27. The van der Waals surface area contributed by atoms with Crippen LogP contribution in [-0.4, -0.2) is 29.1 Å². The van der Waals surface area contributed by atoms with Crippen LogP contribution in [0.25, 0.3) is 0 Å². The van der Waals surface area contributed by atoms with Crippen LogP contribution in [0.4, 0.5) is 11.4 Å². The maximum atomic E-state index is 13.8. The van der Waals surface area contributed by atoms with E-state index in [1.54, 1.807) is 11.8 Å². The van der Waals surface area contributed by atoms with Crippen molar-refractivity contribution in [2.45, 2.75) is 50.0 Å². The second-order valence-electron chi connectivity index (χ2n) is 8.30. The van der Waals surface area contributed by atoms with Gasteiger partial charge in [-0.25, -0.2) is 4.99 Å². The van der Waals surface area contributed by atoms with Crippen LogP contribution in [-0.2, 0) is 4.79 Å². The SMILES string of the molecule is Cc1ccc(N=C2SC(=C3Sc4ccc(Cl)cc4N3C)C(=O)N2C2CCCCC2)cc1Cl. The molecule has 0 radical (unpaired) electrons. The van der Waals surface area contributed by atoms with Gasteiger partial charge in [-0.05, 0) is 67.4 Å². The first-order valence-corrected chi connectivity index (χ1v) is 13.1. The highest BCUT2D eigenvalue weighted by molar-refractivity contribution is 8.19. The minimum absolute atomic E-state index is 0.0483. The zero-order valence-electron chi connectivity index (χ0n) is 17.9. The van der Waals surface area contributed by atoms with Gasteiger partial charge in [0, 0.05) is 28.0 Å². The topological polar surface area (TPSA) is 35.9 Å². The summed E-state index contributed by atoms with van der Waals surface area (Å²) in [6.07, 6.45) is 5.55. The molecule has 1 aliphatic carbocycles. The average molecular weight is 505 g/mol. The molecule has 166 valence electrons. The Bertz CT molecular complexity index is 1160. The van der Waals surface area contributed by atoms with E-state index in [0.29, 0.717) is 10.0 Å². The fourth-order valence-corrected chi connectivity index (χ4v) is 7.06.